The molecule has 0 amide bonds. The molecule has 62 valence electrons. The fourth-order valence-electron chi connectivity index (χ4n) is 0.143. The third-order valence-electron chi connectivity index (χ3n) is 0.368. The van der Waals surface area contributed by atoms with Gasteiger partial charge in [0.05, 0.1) is 0 Å². The summed E-state index contributed by atoms with van der Waals surface area (Å²) in [6.07, 6.45) is 1.12. The quantitative estimate of drug-likeness (QED) is 0.621. The molecule has 0 spiro atoms. The highest BCUT2D eigenvalue weighted by atomic mass is 35.5. The van der Waals surface area contributed by atoms with Gasteiger partial charge >= 0.3 is 11.9 Å². The molecule has 11 heavy (non-hydrogen) atoms. The number of carbonyl (C=O) groups is 2. The van der Waals surface area contributed by atoms with Crippen LogP contribution in [0.1, 0.15) is 0 Å². The first-order chi connectivity index (χ1) is 5.04. The van der Waals surface area contributed by atoms with Crippen LogP contribution in [0.4, 0.5) is 0 Å². The summed E-state index contributed by atoms with van der Waals surface area (Å²) >= 11 is 4.76. The second-order valence-electron chi connectivity index (χ2n) is 1.16. The van der Waals surface area contributed by atoms with Crippen molar-refractivity contribution in [2.24, 2.45) is 0 Å². The van der Waals surface area contributed by atoms with E-state index in [4.69, 9.17) is 21.8 Å². The first kappa shape index (κ1) is 12.4. The first-order valence-corrected chi connectivity index (χ1v) is 2.83. The Hall–Kier alpha value is -1.29. The number of carboxylic acids is 2. The van der Waals surface area contributed by atoms with E-state index in [1.54, 1.807) is 0 Å². The highest BCUT2D eigenvalue weighted by Crippen LogP contribution is 1.70. The van der Waals surface area contributed by atoms with Crippen molar-refractivity contribution in [2.45, 2.75) is 0 Å². The van der Waals surface area contributed by atoms with E-state index in [-0.39, 0.29) is 0 Å². The van der Waals surface area contributed by atoms with Crippen molar-refractivity contribution in [1.29, 1.82) is 0 Å². The molecule has 0 aromatic rings. The number of halogens is 1. The summed E-state index contributed by atoms with van der Waals surface area (Å²) in [5.74, 6) is -2.51. The van der Waals surface area contributed by atoms with Crippen LogP contribution in [0, 0.1) is 0 Å². The topological polar surface area (TPSA) is 74.6 Å². The molecule has 0 aromatic heterocycles. The van der Waals surface area contributed by atoms with E-state index in [2.05, 4.69) is 6.58 Å². The van der Waals surface area contributed by atoms with Gasteiger partial charge in [-0.15, -0.1) is 0 Å². The number of carboxylic acid groups (broad SMARTS) is 2. The van der Waals surface area contributed by atoms with Crippen molar-refractivity contribution in [2.75, 3.05) is 0 Å². The highest BCUT2D eigenvalue weighted by molar-refractivity contribution is 6.25. The molecular formula is C6H7ClO4. The molecule has 0 unspecified atom stereocenters. The predicted molar refractivity (Wildman–Crippen MR) is 40.5 cm³/mol. The van der Waals surface area contributed by atoms with Crippen LogP contribution in [0.5, 0.6) is 0 Å². The fourth-order valence-corrected chi connectivity index (χ4v) is 0.143. The fraction of sp³-hybridized carbons (Fsp3) is 0. The maximum absolute atomic E-state index is 9.55. The Morgan fingerprint density at radius 3 is 1.45 bits per heavy atom. The summed E-state index contributed by atoms with van der Waals surface area (Å²) in [5.41, 5.74) is 1.22. The van der Waals surface area contributed by atoms with Crippen molar-refractivity contribution in [3.8, 4) is 0 Å². The number of hydrogen-bond donors (Lipinski definition) is 2. The molecule has 0 saturated heterocycles. The van der Waals surface area contributed by atoms with Crippen LogP contribution in [0.2, 0.25) is 0 Å². The second kappa shape index (κ2) is 8.71. The van der Waals surface area contributed by atoms with Gasteiger partial charge in [0, 0.05) is 12.2 Å². The van der Waals surface area contributed by atoms with Crippen LogP contribution in [0.25, 0.3) is 0 Å². The van der Waals surface area contributed by atoms with Gasteiger partial charge in [-0.1, -0.05) is 18.2 Å². The molecule has 4 nitrogen and oxygen atoms in total. The summed E-state index contributed by atoms with van der Waals surface area (Å²) in [6, 6.07) is 0. The Morgan fingerprint density at radius 1 is 1.18 bits per heavy atom. The minimum absolute atomic E-state index is 0.558. The van der Waals surface area contributed by atoms with E-state index < -0.39 is 11.9 Å². The minimum atomic E-state index is -1.26. The average molecular weight is 179 g/mol. The molecule has 0 rings (SSSR count). The summed E-state index contributed by atoms with van der Waals surface area (Å²) in [7, 11) is 0. The molecule has 2 N–H and O–H groups in total. The maximum Gasteiger partial charge on any atom is 0.328 e. The molecule has 5 heteroatoms. The van der Waals surface area contributed by atoms with Gasteiger partial charge in [-0.05, 0) is 5.54 Å². The summed E-state index contributed by atoms with van der Waals surface area (Å²) in [5, 5.41) is 15.6. The van der Waals surface area contributed by atoms with Gasteiger partial charge in [-0.3, -0.25) is 0 Å². The van der Waals surface area contributed by atoms with Gasteiger partial charge < -0.3 is 10.2 Å². The van der Waals surface area contributed by atoms with Crippen molar-refractivity contribution in [1.82, 2.24) is 0 Å². The Morgan fingerprint density at radius 2 is 1.36 bits per heavy atom. The molecule has 0 aliphatic heterocycles. The largest absolute Gasteiger partial charge is 0.478 e. The molecule has 0 aromatic carbocycles. The third-order valence-corrected chi connectivity index (χ3v) is 0.368. The van der Waals surface area contributed by atoms with E-state index in [0.717, 1.165) is 0 Å². The molecule has 0 bridgehead atoms. The normalized spacial score (nSPS) is 8.09. The van der Waals surface area contributed by atoms with Crippen LogP contribution in [0.15, 0.2) is 24.3 Å². The Kier molecular flexibility index (Phi) is 9.81. The minimum Gasteiger partial charge on any atom is -0.478 e. The van der Waals surface area contributed by atoms with Crippen LogP contribution < -0.4 is 0 Å². The number of hydrogen-bond acceptors (Lipinski definition) is 2. The van der Waals surface area contributed by atoms with Crippen molar-refractivity contribution in [3.63, 3.8) is 0 Å². The van der Waals surface area contributed by atoms with Gasteiger partial charge in [0.2, 0.25) is 0 Å². The van der Waals surface area contributed by atoms with Gasteiger partial charge in [-0.25, -0.2) is 9.59 Å². The van der Waals surface area contributed by atoms with E-state index >= 15 is 0 Å². The average Bonchev–Trinajstić information content (AvgIpc) is 1.85. The molecule has 0 heterocycles. The molecule has 0 saturated carbocycles. The van der Waals surface area contributed by atoms with Crippen LogP contribution in [0.3, 0.4) is 0 Å². The van der Waals surface area contributed by atoms with Crippen LogP contribution in [-0.2, 0) is 9.59 Å². The number of rotatable bonds is 2. The highest BCUT2D eigenvalue weighted by Gasteiger charge is 1.88. The Bertz CT molecular complexity index is 157. The SMILES string of the molecule is C=CCl.O=C(O)/C=C\C(=O)O. The van der Waals surface area contributed by atoms with E-state index in [1.165, 1.54) is 5.54 Å². The molecule has 0 radical (unpaired) electrons. The Labute approximate surface area is 68.4 Å². The monoisotopic (exact) mass is 178 g/mol. The summed E-state index contributed by atoms with van der Waals surface area (Å²) in [6.45, 7) is 3.13. The lowest BCUT2D eigenvalue weighted by atomic mass is 10.5. The van der Waals surface area contributed by atoms with Gasteiger partial charge in [0.25, 0.3) is 0 Å². The van der Waals surface area contributed by atoms with Gasteiger partial charge in [0.15, 0.2) is 0 Å². The third kappa shape index (κ3) is 28.5. The van der Waals surface area contributed by atoms with E-state index in [9.17, 15) is 9.59 Å². The van der Waals surface area contributed by atoms with Gasteiger partial charge in [-0.2, -0.15) is 0 Å². The second-order valence-corrected chi connectivity index (χ2v) is 1.47. The summed E-state index contributed by atoms with van der Waals surface area (Å²) < 4.78 is 0. The van der Waals surface area contributed by atoms with E-state index in [0.29, 0.717) is 12.2 Å². The zero-order valence-electron chi connectivity index (χ0n) is 5.53. The molecule has 0 atom stereocenters. The Balaban J connectivity index is 0. The molecule has 0 aliphatic rings. The number of aliphatic carboxylic acids is 2. The molecule has 0 fully saturated rings. The first-order valence-electron chi connectivity index (χ1n) is 2.39. The zero-order valence-corrected chi connectivity index (χ0v) is 6.28. The van der Waals surface area contributed by atoms with Crippen molar-refractivity contribution < 1.29 is 19.8 Å². The zero-order chi connectivity index (χ0) is 9.28. The molecular weight excluding hydrogens is 172 g/mol. The molecule has 0 aliphatic carbocycles. The van der Waals surface area contributed by atoms with Gasteiger partial charge in [0.1, 0.15) is 0 Å². The van der Waals surface area contributed by atoms with Crippen molar-refractivity contribution in [3.05, 3.63) is 24.3 Å². The predicted octanol–water partition coefficient (Wildman–Crippen LogP) is 1.08. The van der Waals surface area contributed by atoms with Crippen LogP contribution >= 0.6 is 11.6 Å². The summed E-state index contributed by atoms with van der Waals surface area (Å²) in [4.78, 5) is 19.1. The van der Waals surface area contributed by atoms with Crippen molar-refractivity contribution >= 4 is 23.5 Å². The smallest absolute Gasteiger partial charge is 0.328 e. The van der Waals surface area contributed by atoms with Crippen LogP contribution in [-0.4, -0.2) is 22.2 Å². The lowest BCUT2D eigenvalue weighted by Crippen LogP contribution is -1.91. The maximum atomic E-state index is 9.55. The van der Waals surface area contributed by atoms with E-state index in [1.807, 2.05) is 0 Å². The standard InChI is InChI=1S/C4H4O4.C2H3Cl/c5-3(6)1-2-4(7)8;1-2-3/h1-2H,(H,5,6)(H,7,8);2H,1H2/b2-1-;. The lowest BCUT2D eigenvalue weighted by Gasteiger charge is -1.74. The lowest BCUT2D eigenvalue weighted by molar-refractivity contribution is -0.134.